The van der Waals surface area contributed by atoms with E-state index in [1.54, 1.807) is 14.2 Å². The van der Waals surface area contributed by atoms with Crippen LogP contribution in [0.3, 0.4) is 0 Å². The average Bonchev–Trinajstić information content (AvgIpc) is 2.86. The van der Waals surface area contributed by atoms with Crippen molar-refractivity contribution in [1.29, 1.82) is 0 Å². The number of rotatable bonds is 5. The van der Waals surface area contributed by atoms with Gasteiger partial charge in [0.2, 0.25) is 5.91 Å². The molecule has 0 saturated carbocycles. The van der Waals surface area contributed by atoms with E-state index >= 15 is 0 Å². The number of nitrogens with zero attached hydrogens (tertiary/aromatic N) is 2. The summed E-state index contributed by atoms with van der Waals surface area (Å²) in [6, 6.07) is 8.60. The molecule has 0 unspecified atom stereocenters. The van der Waals surface area contributed by atoms with Gasteiger partial charge in [0.25, 0.3) is 0 Å². The average molecular weight is 318 g/mol. The number of carbonyl (C=O) groups excluding carboxylic acids is 1. The second-order valence-electron chi connectivity index (χ2n) is 6.62. The molecule has 0 N–H and O–H groups in total. The smallest absolute Gasteiger partial charge is 0.248 e. The molecule has 3 aliphatic rings. The fraction of sp³-hybridized carbons (Fsp3) is 0.611. The Hall–Kier alpha value is -1.59. The van der Waals surface area contributed by atoms with Crippen molar-refractivity contribution in [1.82, 2.24) is 9.80 Å². The summed E-state index contributed by atoms with van der Waals surface area (Å²) in [5.41, 5.74) is 1.29. The fourth-order valence-corrected chi connectivity index (χ4v) is 3.81. The number of piperidine rings is 1. The first-order valence-corrected chi connectivity index (χ1v) is 8.33. The minimum atomic E-state index is 0.133. The predicted octanol–water partition coefficient (Wildman–Crippen LogP) is 1.76. The maximum atomic E-state index is 12.2. The highest BCUT2D eigenvalue weighted by atomic mass is 16.5. The lowest BCUT2D eigenvalue weighted by atomic mass is 9.95. The zero-order valence-electron chi connectivity index (χ0n) is 14.0. The summed E-state index contributed by atoms with van der Waals surface area (Å²) in [5, 5.41) is 0. The minimum Gasteiger partial charge on any atom is -0.497 e. The van der Waals surface area contributed by atoms with Crippen LogP contribution >= 0.6 is 0 Å². The third kappa shape index (κ3) is 3.85. The summed E-state index contributed by atoms with van der Waals surface area (Å²) in [6.07, 6.45) is 2.33. The number of ether oxygens (including phenoxy) is 2. The first kappa shape index (κ1) is 16.3. The SMILES string of the molecule is COCC(=O)N1C[C@@H]2CC[C@H]1CN(Cc1ccc(OC)cc1)C2. The molecule has 0 spiro atoms. The van der Waals surface area contributed by atoms with Crippen molar-refractivity contribution in [3.63, 3.8) is 0 Å². The van der Waals surface area contributed by atoms with E-state index in [0.29, 0.717) is 12.0 Å². The summed E-state index contributed by atoms with van der Waals surface area (Å²) < 4.78 is 10.3. The molecule has 5 heteroatoms. The zero-order chi connectivity index (χ0) is 16.2. The van der Waals surface area contributed by atoms with Gasteiger partial charge in [0, 0.05) is 39.3 Å². The van der Waals surface area contributed by atoms with Crippen LogP contribution in [0.1, 0.15) is 18.4 Å². The van der Waals surface area contributed by atoms with E-state index in [0.717, 1.165) is 38.3 Å². The second kappa shape index (κ2) is 7.32. The molecule has 23 heavy (non-hydrogen) atoms. The summed E-state index contributed by atoms with van der Waals surface area (Å²) >= 11 is 0. The second-order valence-corrected chi connectivity index (χ2v) is 6.62. The molecule has 2 bridgehead atoms. The van der Waals surface area contributed by atoms with E-state index < -0.39 is 0 Å². The van der Waals surface area contributed by atoms with Gasteiger partial charge in [0.05, 0.1) is 7.11 Å². The number of benzene rings is 1. The van der Waals surface area contributed by atoms with Crippen LogP contribution in [0.2, 0.25) is 0 Å². The van der Waals surface area contributed by atoms with Gasteiger partial charge in [-0.05, 0) is 36.5 Å². The van der Waals surface area contributed by atoms with E-state index in [1.807, 2.05) is 17.0 Å². The Labute approximate surface area is 138 Å². The van der Waals surface area contributed by atoms with Crippen LogP contribution in [0.15, 0.2) is 24.3 Å². The molecule has 3 fully saturated rings. The molecule has 3 aliphatic heterocycles. The van der Waals surface area contributed by atoms with E-state index in [-0.39, 0.29) is 12.5 Å². The third-order valence-corrected chi connectivity index (χ3v) is 4.94. The molecular formula is C18H26N2O3. The van der Waals surface area contributed by atoms with Gasteiger partial charge in [-0.1, -0.05) is 12.1 Å². The largest absolute Gasteiger partial charge is 0.497 e. The number of carbonyl (C=O) groups is 1. The third-order valence-electron chi connectivity index (χ3n) is 4.94. The highest BCUT2D eigenvalue weighted by molar-refractivity contribution is 5.78. The normalized spacial score (nSPS) is 24.5. The lowest BCUT2D eigenvalue weighted by molar-refractivity contribution is -0.139. The molecule has 4 rings (SSSR count). The number of hydrogen-bond acceptors (Lipinski definition) is 4. The molecule has 1 aromatic rings. The van der Waals surface area contributed by atoms with Gasteiger partial charge in [-0.15, -0.1) is 0 Å². The summed E-state index contributed by atoms with van der Waals surface area (Å²) in [7, 11) is 3.27. The van der Waals surface area contributed by atoms with Crippen LogP contribution < -0.4 is 4.74 Å². The summed E-state index contributed by atoms with van der Waals surface area (Å²) in [4.78, 5) is 16.8. The minimum absolute atomic E-state index is 0.133. The quantitative estimate of drug-likeness (QED) is 0.830. The Bertz CT molecular complexity index is 532. The van der Waals surface area contributed by atoms with Crippen LogP contribution in [0.4, 0.5) is 0 Å². The maximum Gasteiger partial charge on any atom is 0.248 e. The molecule has 1 aromatic carbocycles. The molecule has 126 valence electrons. The molecule has 1 amide bonds. The first-order valence-electron chi connectivity index (χ1n) is 8.33. The standard InChI is InChI=1S/C18H26N2O3/c1-22-13-18(21)20-11-15-3-6-16(20)12-19(10-15)9-14-4-7-17(23-2)8-5-14/h4-5,7-8,15-16H,3,6,9-13H2,1-2H3/t15-,16+/m1/s1. The maximum absolute atomic E-state index is 12.2. The topological polar surface area (TPSA) is 42.0 Å². The lowest BCUT2D eigenvalue weighted by Gasteiger charge is -2.36. The van der Waals surface area contributed by atoms with Gasteiger partial charge in [0.1, 0.15) is 12.4 Å². The van der Waals surface area contributed by atoms with Crippen molar-refractivity contribution in [2.45, 2.75) is 25.4 Å². The molecule has 5 nitrogen and oxygen atoms in total. The lowest BCUT2D eigenvalue weighted by Crippen LogP contribution is -2.48. The van der Waals surface area contributed by atoms with Crippen LogP contribution in [-0.4, -0.2) is 62.2 Å². The summed E-state index contributed by atoms with van der Waals surface area (Å²) in [6.45, 7) is 4.04. The van der Waals surface area contributed by atoms with Crippen LogP contribution in [0, 0.1) is 5.92 Å². The highest BCUT2D eigenvalue weighted by Gasteiger charge is 2.36. The Morgan fingerprint density at radius 2 is 1.91 bits per heavy atom. The monoisotopic (exact) mass is 318 g/mol. The van der Waals surface area contributed by atoms with E-state index in [1.165, 1.54) is 12.0 Å². The fourth-order valence-electron chi connectivity index (χ4n) is 3.81. The number of amides is 1. The Morgan fingerprint density at radius 1 is 1.13 bits per heavy atom. The van der Waals surface area contributed by atoms with Gasteiger partial charge >= 0.3 is 0 Å². The van der Waals surface area contributed by atoms with Gasteiger partial charge in [-0.2, -0.15) is 0 Å². The Balaban J connectivity index is 1.65. The molecular weight excluding hydrogens is 292 g/mol. The van der Waals surface area contributed by atoms with Crippen molar-refractivity contribution >= 4 is 5.91 Å². The van der Waals surface area contributed by atoms with Crippen molar-refractivity contribution in [2.75, 3.05) is 40.5 Å². The number of methoxy groups -OCH3 is 2. The van der Waals surface area contributed by atoms with E-state index in [4.69, 9.17) is 9.47 Å². The Kier molecular flexibility index (Phi) is 5.18. The number of hydrogen-bond donors (Lipinski definition) is 0. The zero-order valence-corrected chi connectivity index (χ0v) is 14.0. The van der Waals surface area contributed by atoms with E-state index in [2.05, 4.69) is 17.0 Å². The first-order chi connectivity index (χ1) is 11.2. The van der Waals surface area contributed by atoms with Gasteiger partial charge in [0.15, 0.2) is 0 Å². The van der Waals surface area contributed by atoms with Crippen LogP contribution in [-0.2, 0) is 16.1 Å². The van der Waals surface area contributed by atoms with Gasteiger partial charge in [-0.25, -0.2) is 0 Å². The van der Waals surface area contributed by atoms with Crippen LogP contribution in [0.5, 0.6) is 5.75 Å². The van der Waals surface area contributed by atoms with E-state index in [9.17, 15) is 4.79 Å². The molecule has 0 aliphatic carbocycles. The predicted molar refractivity (Wildman–Crippen MR) is 88.4 cm³/mol. The Morgan fingerprint density at radius 3 is 2.61 bits per heavy atom. The van der Waals surface area contributed by atoms with Gasteiger partial charge in [-0.3, -0.25) is 9.69 Å². The molecule has 3 heterocycles. The number of fused-ring (bicyclic) bond motifs is 4. The molecule has 3 saturated heterocycles. The van der Waals surface area contributed by atoms with Crippen molar-refractivity contribution in [3.8, 4) is 5.75 Å². The molecule has 0 radical (unpaired) electrons. The van der Waals surface area contributed by atoms with Crippen molar-refractivity contribution in [2.24, 2.45) is 5.92 Å². The molecule has 0 aromatic heterocycles. The van der Waals surface area contributed by atoms with Crippen LogP contribution in [0.25, 0.3) is 0 Å². The molecule has 2 atom stereocenters. The van der Waals surface area contributed by atoms with Gasteiger partial charge < -0.3 is 14.4 Å². The van der Waals surface area contributed by atoms with Crippen molar-refractivity contribution in [3.05, 3.63) is 29.8 Å². The summed E-state index contributed by atoms with van der Waals surface area (Å²) in [5.74, 6) is 1.60. The highest BCUT2D eigenvalue weighted by Crippen LogP contribution is 2.29. The van der Waals surface area contributed by atoms with Crippen molar-refractivity contribution < 1.29 is 14.3 Å².